The van der Waals surface area contributed by atoms with E-state index in [4.69, 9.17) is 11.6 Å². The highest BCUT2D eigenvalue weighted by molar-refractivity contribution is 6.30. The van der Waals surface area contributed by atoms with E-state index >= 15 is 0 Å². The summed E-state index contributed by atoms with van der Waals surface area (Å²) in [5.41, 5.74) is 2.42. The van der Waals surface area contributed by atoms with Crippen molar-refractivity contribution in [2.75, 3.05) is 38.0 Å². The third kappa shape index (κ3) is 4.99. The first-order chi connectivity index (χ1) is 11.7. The quantitative estimate of drug-likeness (QED) is 0.820. The highest BCUT2D eigenvalue weighted by Crippen LogP contribution is 2.20. The summed E-state index contributed by atoms with van der Waals surface area (Å²) in [5.74, 6) is 0. The number of amides is 2. The van der Waals surface area contributed by atoms with Crippen LogP contribution in [0.15, 0.2) is 35.9 Å². The van der Waals surface area contributed by atoms with Gasteiger partial charge in [0.25, 0.3) is 0 Å². The summed E-state index contributed by atoms with van der Waals surface area (Å²) in [6.45, 7) is 4.62. The summed E-state index contributed by atoms with van der Waals surface area (Å²) in [6, 6.07) is 7.21. The van der Waals surface area contributed by atoms with Gasteiger partial charge in [-0.1, -0.05) is 23.3 Å². The van der Waals surface area contributed by atoms with Crippen LogP contribution in [0.5, 0.6) is 0 Å². The minimum absolute atomic E-state index is 0.0213. The highest BCUT2D eigenvalue weighted by atomic mass is 35.5. The zero-order valence-corrected chi connectivity index (χ0v) is 14.9. The number of hydrogen-bond donors (Lipinski definition) is 1. The number of hydrogen-bond acceptors (Lipinski definition) is 2. The van der Waals surface area contributed by atoms with Gasteiger partial charge in [-0.05, 0) is 56.4 Å². The highest BCUT2D eigenvalue weighted by Gasteiger charge is 2.21. The van der Waals surface area contributed by atoms with Crippen molar-refractivity contribution in [1.82, 2.24) is 9.80 Å². The number of anilines is 1. The Morgan fingerprint density at radius 1 is 1.08 bits per heavy atom. The van der Waals surface area contributed by atoms with Crippen molar-refractivity contribution in [3.8, 4) is 0 Å². The van der Waals surface area contributed by atoms with Crippen molar-refractivity contribution in [2.45, 2.75) is 32.1 Å². The molecule has 0 radical (unpaired) electrons. The maximum absolute atomic E-state index is 12.3. The molecule has 0 unspecified atom stereocenters. The van der Waals surface area contributed by atoms with E-state index in [1.807, 2.05) is 17.0 Å². The van der Waals surface area contributed by atoms with Gasteiger partial charge in [0, 0.05) is 43.4 Å². The van der Waals surface area contributed by atoms with Crippen molar-refractivity contribution in [1.29, 1.82) is 0 Å². The second kappa shape index (κ2) is 8.54. The summed E-state index contributed by atoms with van der Waals surface area (Å²) >= 11 is 5.87. The fraction of sp³-hybridized carbons (Fsp3) is 0.526. The van der Waals surface area contributed by atoms with Crippen molar-refractivity contribution in [3.05, 3.63) is 40.9 Å². The van der Waals surface area contributed by atoms with E-state index in [1.54, 1.807) is 17.7 Å². The van der Waals surface area contributed by atoms with Gasteiger partial charge in [0.15, 0.2) is 0 Å². The maximum atomic E-state index is 12.3. The summed E-state index contributed by atoms with van der Waals surface area (Å²) in [6.07, 6.45) is 8.86. The Balaban J connectivity index is 1.40. The first-order valence-electron chi connectivity index (χ1n) is 8.92. The van der Waals surface area contributed by atoms with Crippen LogP contribution in [-0.4, -0.2) is 48.6 Å². The number of urea groups is 1. The Morgan fingerprint density at radius 2 is 1.83 bits per heavy atom. The molecule has 1 fully saturated rings. The number of benzene rings is 1. The van der Waals surface area contributed by atoms with Crippen LogP contribution in [0.4, 0.5) is 10.5 Å². The lowest BCUT2D eigenvalue weighted by atomic mass is 9.97. The third-order valence-electron chi connectivity index (χ3n) is 4.89. The number of halogens is 1. The summed E-state index contributed by atoms with van der Waals surface area (Å²) < 4.78 is 0. The number of rotatable bonds is 4. The molecule has 1 saturated heterocycles. The molecule has 2 aliphatic rings. The Morgan fingerprint density at radius 3 is 2.50 bits per heavy atom. The van der Waals surface area contributed by atoms with Crippen LogP contribution >= 0.6 is 11.6 Å². The lowest BCUT2D eigenvalue weighted by molar-refractivity contribution is 0.148. The van der Waals surface area contributed by atoms with Gasteiger partial charge >= 0.3 is 6.03 Å². The van der Waals surface area contributed by atoms with Crippen molar-refractivity contribution < 1.29 is 4.79 Å². The van der Waals surface area contributed by atoms with Crippen LogP contribution in [0.1, 0.15) is 32.1 Å². The molecule has 1 aliphatic heterocycles. The predicted octanol–water partition coefficient (Wildman–Crippen LogP) is 4.38. The minimum atomic E-state index is -0.0213. The van der Waals surface area contributed by atoms with Crippen LogP contribution in [-0.2, 0) is 0 Å². The van der Waals surface area contributed by atoms with Crippen LogP contribution in [0.3, 0.4) is 0 Å². The van der Waals surface area contributed by atoms with E-state index < -0.39 is 0 Å². The fourth-order valence-corrected chi connectivity index (χ4v) is 3.47. The maximum Gasteiger partial charge on any atom is 0.321 e. The Bertz CT molecular complexity index is 577. The Hall–Kier alpha value is -1.52. The van der Waals surface area contributed by atoms with Crippen molar-refractivity contribution in [2.24, 2.45) is 0 Å². The molecular weight excluding hydrogens is 322 g/mol. The number of carbonyl (C=O) groups is 1. The lowest BCUT2D eigenvalue weighted by Crippen LogP contribution is -2.50. The predicted molar refractivity (Wildman–Crippen MR) is 99.7 cm³/mol. The summed E-state index contributed by atoms with van der Waals surface area (Å²) in [7, 11) is 0. The SMILES string of the molecule is O=C(Nc1ccc(Cl)cc1)N1CCN(CCC2=CCCCC2)CC1. The number of allylic oxidation sites excluding steroid dienone is 1. The normalized spacial score (nSPS) is 19.0. The molecule has 0 atom stereocenters. The van der Waals surface area contributed by atoms with E-state index in [9.17, 15) is 4.79 Å². The number of carbonyl (C=O) groups excluding carboxylic acids is 1. The van der Waals surface area contributed by atoms with Gasteiger partial charge in [-0.25, -0.2) is 4.79 Å². The van der Waals surface area contributed by atoms with E-state index in [1.165, 1.54) is 32.1 Å². The molecule has 1 aromatic carbocycles. The lowest BCUT2D eigenvalue weighted by Gasteiger charge is -2.35. The summed E-state index contributed by atoms with van der Waals surface area (Å²) in [5, 5.41) is 3.61. The van der Waals surface area contributed by atoms with Crippen molar-refractivity contribution in [3.63, 3.8) is 0 Å². The molecule has 130 valence electrons. The molecule has 0 aromatic heterocycles. The third-order valence-corrected chi connectivity index (χ3v) is 5.14. The first kappa shape index (κ1) is 17.3. The van der Waals surface area contributed by atoms with Crippen LogP contribution in [0.25, 0.3) is 0 Å². The largest absolute Gasteiger partial charge is 0.322 e. The van der Waals surface area contributed by atoms with E-state index in [-0.39, 0.29) is 6.03 Å². The fourth-order valence-electron chi connectivity index (χ4n) is 3.34. The molecule has 1 heterocycles. The average Bonchev–Trinajstić information content (AvgIpc) is 2.63. The molecule has 2 amide bonds. The zero-order valence-electron chi connectivity index (χ0n) is 14.1. The van der Waals surface area contributed by atoms with Gasteiger partial charge < -0.3 is 10.2 Å². The van der Waals surface area contributed by atoms with Gasteiger partial charge in [-0.15, -0.1) is 0 Å². The Kier molecular flexibility index (Phi) is 6.16. The molecule has 5 heteroatoms. The molecule has 0 spiro atoms. The number of nitrogens with zero attached hydrogens (tertiary/aromatic N) is 2. The zero-order chi connectivity index (χ0) is 16.8. The number of piperazine rings is 1. The summed E-state index contributed by atoms with van der Waals surface area (Å²) in [4.78, 5) is 16.7. The van der Waals surface area contributed by atoms with Crippen molar-refractivity contribution >= 4 is 23.3 Å². The molecule has 1 aromatic rings. The molecule has 3 rings (SSSR count). The first-order valence-corrected chi connectivity index (χ1v) is 9.30. The standard InChI is InChI=1S/C19H26ClN3O/c20-17-6-8-18(9-7-17)21-19(24)23-14-12-22(13-15-23)11-10-16-4-2-1-3-5-16/h4,6-9H,1-3,5,10-15H2,(H,21,24). The smallest absolute Gasteiger partial charge is 0.321 e. The second-order valence-electron chi connectivity index (χ2n) is 6.62. The van der Waals surface area contributed by atoms with Gasteiger partial charge in [0.05, 0.1) is 0 Å². The topological polar surface area (TPSA) is 35.6 Å². The van der Waals surface area contributed by atoms with E-state index in [0.717, 1.165) is 38.4 Å². The molecule has 1 N–H and O–H groups in total. The molecule has 0 bridgehead atoms. The van der Waals surface area contributed by atoms with E-state index in [2.05, 4.69) is 16.3 Å². The van der Waals surface area contributed by atoms with E-state index in [0.29, 0.717) is 5.02 Å². The average molecular weight is 348 g/mol. The molecule has 1 aliphatic carbocycles. The molecular formula is C19H26ClN3O. The molecule has 24 heavy (non-hydrogen) atoms. The Labute approximate surface area is 149 Å². The van der Waals surface area contributed by atoms with Crippen LogP contribution in [0.2, 0.25) is 5.02 Å². The van der Waals surface area contributed by atoms with Crippen LogP contribution in [0, 0.1) is 0 Å². The monoisotopic (exact) mass is 347 g/mol. The minimum Gasteiger partial charge on any atom is -0.322 e. The van der Waals surface area contributed by atoms with Gasteiger partial charge in [-0.2, -0.15) is 0 Å². The van der Waals surface area contributed by atoms with Gasteiger partial charge in [0.1, 0.15) is 0 Å². The molecule has 0 saturated carbocycles. The van der Waals surface area contributed by atoms with Crippen LogP contribution < -0.4 is 5.32 Å². The van der Waals surface area contributed by atoms with Gasteiger partial charge in [0.2, 0.25) is 0 Å². The van der Waals surface area contributed by atoms with Gasteiger partial charge in [-0.3, -0.25) is 4.90 Å². The molecule has 4 nitrogen and oxygen atoms in total. The second-order valence-corrected chi connectivity index (χ2v) is 7.06. The number of nitrogens with one attached hydrogen (secondary N) is 1.